The number of hydrogen-bond acceptors (Lipinski definition) is 3. The molecule has 5 nitrogen and oxygen atoms in total. The first-order chi connectivity index (χ1) is 10.3. The van der Waals surface area contributed by atoms with Crippen molar-refractivity contribution in [3.05, 3.63) is 0 Å². The second-order valence-corrected chi connectivity index (χ2v) is 6.79. The van der Waals surface area contributed by atoms with E-state index in [2.05, 4.69) is 20.5 Å². The van der Waals surface area contributed by atoms with Crippen molar-refractivity contribution < 1.29 is 4.74 Å². The molecule has 0 spiro atoms. The minimum atomic E-state index is 0. The molecular formula is C16H31IN4O. The number of rotatable bonds is 4. The molecule has 2 aliphatic heterocycles. The molecule has 2 N–H and O–H groups in total. The Labute approximate surface area is 151 Å². The van der Waals surface area contributed by atoms with Crippen molar-refractivity contribution in [2.45, 2.75) is 50.6 Å². The van der Waals surface area contributed by atoms with Crippen molar-refractivity contribution in [1.29, 1.82) is 0 Å². The molecule has 0 aromatic carbocycles. The zero-order valence-electron chi connectivity index (χ0n) is 13.7. The summed E-state index contributed by atoms with van der Waals surface area (Å²) in [6.07, 6.45) is 7.64. The first-order valence-electron chi connectivity index (χ1n) is 8.63. The summed E-state index contributed by atoms with van der Waals surface area (Å²) in [5.41, 5.74) is 0. The van der Waals surface area contributed by atoms with Gasteiger partial charge in [0, 0.05) is 45.4 Å². The molecule has 3 aliphatic rings. The summed E-state index contributed by atoms with van der Waals surface area (Å²) in [6.45, 7) is 5.56. The number of likely N-dealkylation sites (tertiary alicyclic amines) is 1. The predicted molar refractivity (Wildman–Crippen MR) is 101 cm³/mol. The van der Waals surface area contributed by atoms with E-state index in [-0.39, 0.29) is 24.0 Å². The van der Waals surface area contributed by atoms with Crippen molar-refractivity contribution in [3.8, 4) is 0 Å². The first kappa shape index (κ1) is 18.3. The van der Waals surface area contributed by atoms with Gasteiger partial charge in [0.25, 0.3) is 0 Å². The van der Waals surface area contributed by atoms with Crippen LogP contribution in [0, 0.1) is 5.92 Å². The minimum Gasteiger partial charge on any atom is -0.381 e. The second kappa shape index (κ2) is 9.27. The molecule has 0 amide bonds. The van der Waals surface area contributed by atoms with Crippen LogP contribution >= 0.6 is 24.0 Å². The van der Waals surface area contributed by atoms with E-state index in [9.17, 15) is 0 Å². The van der Waals surface area contributed by atoms with Gasteiger partial charge in [-0.2, -0.15) is 0 Å². The van der Waals surface area contributed by atoms with Crippen molar-refractivity contribution in [3.63, 3.8) is 0 Å². The highest BCUT2D eigenvalue weighted by Gasteiger charge is 2.25. The average molecular weight is 422 g/mol. The van der Waals surface area contributed by atoms with Gasteiger partial charge in [-0.3, -0.25) is 4.99 Å². The van der Waals surface area contributed by atoms with Crippen LogP contribution in [0.1, 0.15) is 38.5 Å². The molecule has 1 saturated carbocycles. The Bertz CT molecular complexity index is 348. The van der Waals surface area contributed by atoms with Crippen molar-refractivity contribution in [1.82, 2.24) is 15.5 Å². The Morgan fingerprint density at radius 1 is 1.09 bits per heavy atom. The molecule has 2 saturated heterocycles. The van der Waals surface area contributed by atoms with Crippen LogP contribution < -0.4 is 10.6 Å². The number of guanidine groups is 1. The second-order valence-electron chi connectivity index (χ2n) is 6.79. The molecule has 0 radical (unpaired) electrons. The van der Waals surface area contributed by atoms with Gasteiger partial charge >= 0.3 is 0 Å². The lowest BCUT2D eigenvalue weighted by atomic mass is 9.93. The van der Waals surface area contributed by atoms with Crippen LogP contribution in [-0.2, 0) is 4.74 Å². The number of piperidine rings is 1. The molecular weight excluding hydrogens is 391 g/mol. The summed E-state index contributed by atoms with van der Waals surface area (Å²) in [5.74, 6) is 1.77. The monoisotopic (exact) mass is 422 g/mol. The van der Waals surface area contributed by atoms with Crippen molar-refractivity contribution in [2.24, 2.45) is 10.9 Å². The van der Waals surface area contributed by atoms with Crippen LogP contribution in [0.4, 0.5) is 0 Å². The highest BCUT2D eigenvalue weighted by molar-refractivity contribution is 14.0. The SMILES string of the molecule is CN=C(NC1CCC1)NC1CCN(CC2CCOC2)CC1.I. The fourth-order valence-corrected chi connectivity index (χ4v) is 3.46. The fraction of sp³-hybridized carbons (Fsp3) is 0.938. The third kappa shape index (κ3) is 5.23. The van der Waals surface area contributed by atoms with E-state index >= 15 is 0 Å². The van der Waals surface area contributed by atoms with Crippen molar-refractivity contribution >= 4 is 29.9 Å². The van der Waals surface area contributed by atoms with E-state index in [1.54, 1.807) is 0 Å². The molecule has 0 aromatic rings. The summed E-state index contributed by atoms with van der Waals surface area (Å²) in [6, 6.07) is 1.23. The Kier molecular flexibility index (Phi) is 7.70. The largest absolute Gasteiger partial charge is 0.381 e. The molecule has 2 heterocycles. The molecule has 128 valence electrons. The molecule has 3 rings (SSSR count). The van der Waals surface area contributed by atoms with E-state index in [1.165, 1.54) is 58.2 Å². The van der Waals surface area contributed by atoms with Gasteiger partial charge in [0.1, 0.15) is 0 Å². The molecule has 1 aliphatic carbocycles. The van der Waals surface area contributed by atoms with Crippen LogP contribution in [0.15, 0.2) is 4.99 Å². The Morgan fingerprint density at radius 3 is 2.27 bits per heavy atom. The third-order valence-corrected chi connectivity index (χ3v) is 5.14. The number of aliphatic imine (C=N–C) groups is 1. The molecule has 6 heteroatoms. The minimum absolute atomic E-state index is 0. The van der Waals surface area contributed by atoms with Gasteiger partial charge in [-0.25, -0.2) is 0 Å². The van der Waals surface area contributed by atoms with Crippen LogP contribution in [0.2, 0.25) is 0 Å². The molecule has 0 aromatic heterocycles. The molecule has 3 fully saturated rings. The van der Waals surface area contributed by atoms with Gasteiger partial charge < -0.3 is 20.3 Å². The summed E-state index contributed by atoms with van der Waals surface area (Å²) in [7, 11) is 1.88. The van der Waals surface area contributed by atoms with E-state index in [1.807, 2.05) is 7.05 Å². The van der Waals surface area contributed by atoms with Gasteiger partial charge in [0.2, 0.25) is 0 Å². The number of hydrogen-bond donors (Lipinski definition) is 2. The van der Waals surface area contributed by atoms with Gasteiger partial charge in [-0.05, 0) is 44.4 Å². The van der Waals surface area contributed by atoms with Gasteiger partial charge in [-0.15, -0.1) is 24.0 Å². The predicted octanol–water partition coefficient (Wildman–Crippen LogP) is 1.82. The van der Waals surface area contributed by atoms with Gasteiger partial charge in [-0.1, -0.05) is 0 Å². The third-order valence-electron chi connectivity index (χ3n) is 5.14. The highest BCUT2D eigenvalue weighted by atomic mass is 127. The number of nitrogens with one attached hydrogen (secondary N) is 2. The van der Waals surface area contributed by atoms with Gasteiger partial charge in [0.15, 0.2) is 5.96 Å². The average Bonchev–Trinajstić information content (AvgIpc) is 2.96. The number of ether oxygens (including phenoxy) is 1. The van der Waals surface area contributed by atoms with Crippen LogP contribution in [0.5, 0.6) is 0 Å². The summed E-state index contributed by atoms with van der Waals surface area (Å²) in [4.78, 5) is 6.98. The summed E-state index contributed by atoms with van der Waals surface area (Å²) >= 11 is 0. The van der Waals surface area contributed by atoms with E-state index in [0.717, 1.165) is 25.1 Å². The lowest BCUT2D eigenvalue weighted by Gasteiger charge is -2.35. The summed E-state index contributed by atoms with van der Waals surface area (Å²) in [5, 5.41) is 7.14. The van der Waals surface area contributed by atoms with Crippen molar-refractivity contribution in [2.75, 3.05) is 39.9 Å². The Balaban J connectivity index is 0.00000176. The zero-order valence-corrected chi connectivity index (χ0v) is 16.1. The molecule has 1 atom stereocenters. The van der Waals surface area contributed by atoms with E-state index in [4.69, 9.17) is 4.74 Å². The maximum absolute atomic E-state index is 5.48. The van der Waals surface area contributed by atoms with Gasteiger partial charge in [0.05, 0.1) is 6.61 Å². The Morgan fingerprint density at radius 2 is 1.77 bits per heavy atom. The lowest BCUT2D eigenvalue weighted by Crippen LogP contribution is -2.52. The summed E-state index contributed by atoms with van der Waals surface area (Å²) < 4.78 is 5.48. The van der Waals surface area contributed by atoms with Crippen LogP contribution in [0.25, 0.3) is 0 Å². The van der Waals surface area contributed by atoms with Crippen LogP contribution in [0.3, 0.4) is 0 Å². The molecule has 1 unspecified atom stereocenters. The normalized spacial score (nSPS) is 28.0. The number of nitrogens with zero attached hydrogens (tertiary/aromatic N) is 2. The van der Waals surface area contributed by atoms with E-state index in [0.29, 0.717) is 12.1 Å². The molecule has 0 bridgehead atoms. The maximum atomic E-state index is 5.48. The van der Waals surface area contributed by atoms with E-state index < -0.39 is 0 Å². The smallest absolute Gasteiger partial charge is 0.191 e. The Hall–Kier alpha value is -0.0800. The standard InChI is InChI=1S/C16H30N4O.HI/c1-17-16(18-14-3-2-4-14)19-15-5-8-20(9-6-15)11-13-7-10-21-12-13;/h13-15H,2-12H2,1H3,(H2,17,18,19);1H. The van der Waals surface area contributed by atoms with Crippen LogP contribution in [-0.4, -0.2) is 62.8 Å². The lowest BCUT2D eigenvalue weighted by molar-refractivity contribution is 0.150. The topological polar surface area (TPSA) is 48.9 Å². The molecule has 22 heavy (non-hydrogen) atoms. The number of halogens is 1. The first-order valence-corrected chi connectivity index (χ1v) is 8.63. The zero-order chi connectivity index (χ0) is 14.5. The quantitative estimate of drug-likeness (QED) is 0.413. The highest BCUT2D eigenvalue weighted by Crippen LogP contribution is 2.19. The fourth-order valence-electron chi connectivity index (χ4n) is 3.46. The maximum Gasteiger partial charge on any atom is 0.191 e.